The molecule has 73 valence electrons. The fourth-order valence-corrected chi connectivity index (χ4v) is 0.956. The number of hydrogen-bond acceptors (Lipinski definition) is 3. The smallest absolute Gasteiger partial charge is 0.287 e. The van der Waals surface area contributed by atoms with E-state index in [4.69, 9.17) is 10.5 Å². The summed E-state index contributed by atoms with van der Waals surface area (Å²) in [6, 6.07) is 8.48. The standard InChI is InChI=1S/C10H10NO3/c1-7(12)9(10(11)13)14-8-5-3-2-4-6-8/h2-6,9,11H,1H3. The van der Waals surface area contributed by atoms with Crippen LogP contribution < -0.4 is 10.5 Å². The Morgan fingerprint density at radius 2 is 1.86 bits per heavy atom. The fourth-order valence-electron chi connectivity index (χ4n) is 0.956. The molecule has 0 saturated heterocycles. The van der Waals surface area contributed by atoms with Crippen molar-refractivity contribution in [2.75, 3.05) is 0 Å². The van der Waals surface area contributed by atoms with Gasteiger partial charge in [-0.05, 0) is 19.1 Å². The molecule has 1 aromatic carbocycles. The molecule has 0 aliphatic rings. The van der Waals surface area contributed by atoms with Gasteiger partial charge in [-0.2, -0.15) is 0 Å². The minimum atomic E-state index is -1.31. The number of nitrogens with one attached hydrogen (secondary N) is 1. The number of rotatable bonds is 4. The molecule has 1 rings (SSSR count). The number of carbonyl (C=O) groups excluding carboxylic acids is 2. The Morgan fingerprint density at radius 1 is 1.29 bits per heavy atom. The van der Waals surface area contributed by atoms with E-state index >= 15 is 0 Å². The topological polar surface area (TPSA) is 67.2 Å². The highest BCUT2D eigenvalue weighted by Crippen LogP contribution is 2.11. The van der Waals surface area contributed by atoms with Crippen LogP contribution in [0.1, 0.15) is 6.92 Å². The van der Waals surface area contributed by atoms with Gasteiger partial charge in [-0.1, -0.05) is 18.2 Å². The van der Waals surface area contributed by atoms with E-state index in [2.05, 4.69) is 0 Å². The summed E-state index contributed by atoms with van der Waals surface area (Å²) in [4.78, 5) is 21.6. The summed E-state index contributed by atoms with van der Waals surface area (Å²) in [6.45, 7) is 1.22. The van der Waals surface area contributed by atoms with Crippen LogP contribution in [0.15, 0.2) is 30.3 Å². The summed E-state index contributed by atoms with van der Waals surface area (Å²) in [5, 5.41) is 0. The Labute approximate surface area is 81.7 Å². The fraction of sp³-hybridized carbons (Fsp3) is 0.200. The molecule has 0 aliphatic heterocycles. The minimum Gasteiger partial charge on any atom is -0.473 e. The third kappa shape index (κ3) is 2.58. The number of ether oxygens (including phenoxy) is 1. The zero-order valence-electron chi connectivity index (χ0n) is 7.69. The largest absolute Gasteiger partial charge is 0.473 e. The van der Waals surface area contributed by atoms with Crippen LogP contribution >= 0.6 is 0 Å². The molecule has 0 bridgehead atoms. The highest BCUT2D eigenvalue weighted by Gasteiger charge is 2.22. The number of benzene rings is 1. The number of carbonyl (C=O) groups is 2. The molecule has 0 saturated carbocycles. The van der Waals surface area contributed by atoms with Gasteiger partial charge in [-0.3, -0.25) is 15.3 Å². The van der Waals surface area contributed by atoms with Gasteiger partial charge in [0.05, 0.1) is 0 Å². The summed E-state index contributed by atoms with van der Waals surface area (Å²) < 4.78 is 5.05. The van der Waals surface area contributed by atoms with Crippen molar-refractivity contribution in [3.63, 3.8) is 0 Å². The summed E-state index contributed by atoms with van der Waals surface area (Å²) in [6.07, 6.45) is -1.31. The number of para-hydroxylation sites is 1. The van der Waals surface area contributed by atoms with Gasteiger partial charge in [-0.25, -0.2) is 0 Å². The molecule has 0 aromatic heterocycles. The normalized spacial score (nSPS) is 11.8. The molecule has 1 aromatic rings. The Hall–Kier alpha value is -1.84. The molecule has 1 N–H and O–H groups in total. The lowest BCUT2D eigenvalue weighted by molar-refractivity contribution is -0.135. The van der Waals surface area contributed by atoms with Crippen molar-refractivity contribution in [3.05, 3.63) is 30.3 Å². The van der Waals surface area contributed by atoms with Crippen molar-refractivity contribution in [1.82, 2.24) is 5.73 Å². The molecule has 0 aliphatic carbocycles. The van der Waals surface area contributed by atoms with Crippen LogP contribution in [0, 0.1) is 0 Å². The predicted molar refractivity (Wildman–Crippen MR) is 49.6 cm³/mol. The van der Waals surface area contributed by atoms with Crippen molar-refractivity contribution in [1.29, 1.82) is 0 Å². The number of amides is 1. The molecule has 0 heterocycles. The summed E-state index contributed by atoms with van der Waals surface area (Å²) in [5.74, 6) is -1.08. The maximum atomic E-state index is 10.9. The van der Waals surface area contributed by atoms with Crippen LogP contribution in [0.3, 0.4) is 0 Å². The van der Waals surface area contributed by atoms with E-state index in [-0.39, 0.29) is 0 Å². The SMILES string of the molecule is CC(=O)C(Oc1ccccc1)C([NH])=O. The average molecular weight is 192 g/mol. The molecule has 1 radical (unpaired) electrons. The second-order valence-corrected chi connectivity index (χ2v) is 2.79. The zero-order chi connectivity index (χ0) is 10.6. The molecule has 0 fully saturated rings. The van der Waals surface area contributed by atoms with E-state index in [0.29, 0.717) is 5.75 Å². The van der Waals surface area contributed by atoms with E-state index in [9.17, 15) is 9.59 Å². The van der Waals surface area contributed by atoms with Gasteiger partial charge in [-0.15, -0.1) is 0 Å². The highest BCUT2D eigenvalue weighted by molar-refractivity contribution is 6.02. The highest BCUT2D eigenvalue weighted by atomic mass is 16.5. The van der Waals surface area contributed by atoms with Crippen molar-refractivity contribution in [2.24, 2.45) is 0 Å². The molecular weight excluding hydrogens is 182 g/mol. The average Bonchev–Trinajstić information content (AvgIpc) is 2.15. The van der Waals surface area contributed by atoms with Crippen molar-refractivity contribution in [3.8, 4) is 5.75 Å². The van der Waals surface area contributed by atoms with Gasteiger partial charge < -0.3 is 4.74 Å². The first-order chi connectivity index (χ1) is 6.61. The Morgan fingerprint density at radius 3 is 2.29 bits per heavy atom. The monoisotopic (exact) mass is 192 g/mol. The molecule has 1 amide bonds. The van der Waals surface area contributed by atoms with E-state index in [0.717, 1.165) is 0 Å². The zero-order valence-corrected chi connectivity index (χ0v) is 7.69. The van der Waals surface area contributed by atoms with Gasteiger partial charge in [0, 0.05) is 0 Å². The molecule has 4 heteroatoms. The second-order valence-electron chi connectivity index (χ2n) is 2.79. The second kappa shape index (κ2) is 4.41. The van der Waals surface area contributed by atoms with Gasteiger partial charge in [0.1, 0.15) is 5.75 Å². The van der Waals surface area contributed by atoms with Gasteiger partial charge >= 0.3 is 0 Å². The van der Waals surface area contributed by atoms with Crippen LogP contribution in [0.25, 0.3) is 0 Å². The first-order valence-electron chi connectivity index (χ1n) is 4.09. The van der Waals surface area contributed by atoms with Crippen LogP contribution in [-0.4, -0.2) is 17.8 Å². The molecular formula is C10H10NO3. The van der Waals surface area contributed by atoms with Gasteiger partial charge in [0.15, 0.2) is 5.78 Å². The Kier molecular flexibility index (Phi) is 3.23. The molecule has 1 unspecified atom stereocenters. The predicted octanol–water partition coefficient (Wildman–Crippen LogP) is 0.832. The lowest BCUT2D eigenvalue weighted by Gasteiger charge is -2.11. The molecule has 1 atom stereocenters. The third-order valence-corrected chi connectivity index (χ3v) is 1.60. The van der Waals surface area contributed by atoms with Crippen molar-refractivity contribution >= 4 is 11.7 Å². The van der Waals surface area contributed by atoms with Gasteiger partial charge in [0.25, 0.3) is 5.91 Å². The quantitative estimate of drug-likeness (QED) is 0.663. The lowest BCUT2D eigenvalue weighted by atomic mass is 10.2. The van der Waals surface area contributed by atoms with E-state index in [1.165, 1.54) is 6.92 Å². The van der Waals surface area contributed by atoms with Gasteiger partial charge in [0.2, 0.25) is 6.10 Å². The first-order valence-corrected chi connectivity index (χ1v) is 4.09. The number of Topliss-reactive ketones (excluding diaryl/α,β-unsaturated/α-hetero) is 1. The van der Waals surface area contributed by atoms with E-state index in [1.807, 2.05) is 0 Å². The molecule has 14 heavy (non-hydrogen) atoms. The Balaban J connectivity index is 2.75. The van der Waals surface area contributed by atoms with E-state index in [1.54, 1.807) is 30.3 Å². The van der Waals surface area contributed by atoms with Crippen LogP contribution in [0.4, 0.5) is 0 Å². The summed E-state index contributed by atoms with van der Waals surface area (Å²) in [5.41, 5.74) is 6.83. The lowest BCUT2D eigenvalue weighted by Crippen LogP contribution is -2.34. The molecule has 0 spiro atoms. The maximum Gasteiger partial charge on any atom is 0.287 e. The van der Waals surface area contributed by atoms with Crippen LogP contribution in [0.2, 0.25) is 0 Å². The third-order valence-electron chi connectivity index (χ3n) is 1.60. The molecule has 4 nitrogen and oxygen atoms in total. The van der Waals surface area contributed by atoms with E-state index < -0.39 is 17.8 Å². The van der Waals surface area contributed by atoms with Crippen LogP contribution in [-0.2, 0) is 9.59 Å². The first kappa shape index (κ1) is 10.2. The number of hydrogen-bond donors (Lipinski definition) is 0. The maximum absolute atomic E-state index is 10.9. The summed E-state index contributed by atoms with van der Waals surface area (Å²) in [7, 11) is 0. The Bertz CT molecular complexity index is 320. The summed E-state index contributed by atoms with van der Waals surface area (Å²) >= 11 is 0. The van der Waals surface area contributed by atoms with Crippen molar-refractivity contribution < 1.29 is 14.3 Å². The van der Waals surface area contributed by atoms with Crippen LogP contribution in [0.5, 0.6) is 5.75 Å². The minimum absolute atomic E-state index is 0.410. The van der Waals surface area contributed by atoms with Crippen molar-refractivity contribution in [2.45, 2.75) is 13.0 Å². The number of ketones is 1.